The van der Waals surface area contributed by atoms with Crippen molar-refractivity contribution in [2.24, 2.45) is 0 Å². The molecule has 0 spiro atoms. The van der Waals surface area contributed by atoms with Gasteiger partial charge in [-0.2, -0.15) is 0 Å². The minimum Gasteiger partial charge on any atom is -0.492 e. The summed E-state index contributed by atoms with van der Waals surface area (Å²) in [4.78, 5) is 28.4. The van der Waals surface area contributed by atoms with Gasteiger partial charge in [0.1, 0.15) is 5.75 Å². The van der Waals surface area contributed by atoms with Gasteiger partial charge in [0.2, 0.25) is 0 Å². The molecule has 1 aromatic heterocycles. The number of nitrogens with zero attached hydrogens (tertiary/aromatic N) is 3. The molecule has 0 saturated carbocycles. The molecular weight excluding hydrogens is 482 g/mol. The smallest absolute Gasteiger partial charge is 0.329 e. The topological polar surface area (TPSA) is 104 Å². The summed E-state index contributed by atoms with van der Waals surface area (Å²) in [5.74, 6) is 0.284. The first-order valence-corrected chi connectivity index (χ1v) is 12.8. The van der Waals surface area contributed by atoms with Gasteiger partial charge in [0.15, 0.2) is 0 Å². The van der Waals surface area contributed by atoms with Gasteiger partial charge in [-0.25, -0.2) is 4.79 Å². The number of nitrogens with two attached hydrogens (primary N) is 1. The molecule has 2 atom stereocenters. The number of carbonyl (C=O) groups excluding carboxylic acids is 1. The Labute approximate surface area is 214 Å². The highest BCUT2D eigenvalue weighted by Gasteiger charge is 2.32. The van der Waals surface area contributed by atoms with Crippen molar-refractivity contribution in [2.45, 2.75) is 45.0 Å². The summed E-state index contributed by atoms with van der Waals surface area (Å²) < 4.78 is 15.1. The number of rotatable bonds is 7. The standard InChI is InChI=1S/C26H32ClN5O4/c1-3-31-20-6-4-5-7-21(20)32(26(31)34)12-11-30-10-8-19(22(15-30)35-2)29-25(33)17-14-18(27)23(28)16-9-13-36-24(16)17/h4-7,14,19,22H,3,8-13,15,28H2,1-2H3,(H,29,33)/t19-,22+/m1/s1. The number of hydrogen-bond acceptors (Lipinski definition) is 6. The maximum atomic E-state index is 13.2. The number of ether oxygens (including phenoxy) is 2. The van der Waals surface area contributed by atoms with E-state index in [1.807, 2.05) is 35.8 Å². The Morgan fingerprint density at radius 1 is 1.25 bits per heavy atom. The fourth-order valence-electron chi connectivity index (χ4n) is 5.41. The molecule has 2 aromatic carbocycles. The summed E-state index contributed by atoms with van der Waals surface area (Å²) in [6, 6.07) is 9.32. The fourth-order valence-corrected chi connectivity index (χ4v) is 5.63. The van der Waals surface area contributed by atoms with Gasteiger partial charge in [-0.05, 0) is 31.5 Å². The molecule has 1 amide bonds. The zero-order valence-electron chi connectivity index (χ0n) is 20.6. The molecule has 36 heavy (non-hydrogen) atoms. The van der Waals surface area contributed by atoms with Crippen LogP contribution in [0.2, 0.25) is 5.02 Å². The van der Waals surface area contributed by atoms with Gasteiger partial charge in [0.05, 0.1) is 46.1 Å². The quantitative estimate of drug-likeness (QED) is 0.470. The van der Waals surface area contributed by atoms with Crippen LogP contribution in [0.3, 0.4) is 0 Å². The van der Waals surface area contributed by atoms with Crippen molar-refractivity contribution >= 4 is 34.2 Å². The van der Waals surface area contributed by atoms with E-state index < -0.39 is 0 Å². The van der Waals surface area contributed by atoms with Crippen molar-refractivity contribution < 1.29 is 14.3 Å². The molecule has 0 bridgehead atoms. The average molecular weight is 514 g/mol. The molecule has 9 nitrogen and oxygen atoms in total. The van der Waals surface area contributed by atoms with Gasteiger partial charge < -0.3 is 20.5 Å². The minimum absolute atomic E-state index is 0.0149. The lowest BCUT2D eigenvalue weighted by atomic mass is 10.00. The predicted molar refractivity (Wildman–Crippen MR) is 140 cm³/mol. The van der Waals surface area contributed by atoms with Gasteiger partial charge in [-0.1, -0.05) is 23.7 Å². The third-order valence-electron chi connectivity index (χ3n) is 7.36. The minimum atomic E-state index is -0.241. The number of halogens is 1. The molecule has 0 aliphatic carbocycles. The van der Waals surface area contributed by atoms with Crippen LogP contribution in [0.25, 0.3) is 11.0 Å². The Balaban J connectivity index is 1.25. The molecular formula is C26H32ClN5O4. The largest absolute Gasteiger partial charge is 0.492 e. The highest BCUT2D eigenvalue weighted by atomic mass is 35.5. The van der Waals surface area contributed by atoms with Gasteiger partial charge in [0, 0.05) is 51.8 Å². The van der Waals surface area contributed by atoms with Crippen LogP contribution < -0.4 is 21.5 Å². The number of benzene rings is 2. The average Bonchev–Trinajstić information content (AvgIpc) is 3.48. The van der Waals surface area contributed by atoms with Crippen LogP contribution in [0.1, 0.15) is 29.3 Å². The molecule has 1 saturated heterocycles. The van der Waals surface area contributed by atoms with E-state index in [2.05, 4.69) is 10.2 Å². The number of nitrogens with one attached hydrogen (secondary N) is 1. The second-order valence-corrected chi connectivity index (χ2v) is 9.74. The first kappa shape index (κ1) is 24.7. The highest BCUT2D eigenvalue weighted by molar-refractivity contribution is 6.33. The Morgan fingerprint density at radius 3 is 2.72 bits per heavy atom. The summed E-state index contributed by atoms with van der Waals surface area (Å²) in [6.45, 7) is 5.85. The van der Waals surface area contributed by atoms with Crippen LogP contribution >= 0.6 is 11.6 Å². The van der Waals surface area contributed by atoms with E-state index in [0.29, 0.717) is 61.2 Å². The molecule has 3 N–H and O–H groups in total. The normalized spacial score (nSPS) is 19.9. The third kappa shape index (κ3) is 4.36. The number of carbonyl (C=O) groups is 1. The molecule has 1 fully saturated rings. The van der Waals surface area contributed by atoms with E-state index in [9.17, 15) is 9.59 Å². The maximum Gasteiger partial charge on any atom is 0.329 e. The number of anilines is 1. The number of nitrogen functional groups attached to an aromatic ring is 1. The summed E-state index contributed by atoms with van der Waals surface area (Å²) in [5, 5.41) is 3.49. The predicted octanol–water partition coefficient (Wildman–Crippen LogP) is 2.51. The molecule has 0 unspecified atom stereocenters. The second kappa shape index (κ2) is 10.2. The Hall–Kier alpha value is -3.01. The summed E-state index contributed by atoms with van der Waals surface area (Å²) in [5.41, 5.74) is 9.68. The Morgan fingerprint density at radius 2 is 2.00 bits per heavy atom. The van der Waals surface area contributed by atoms with E-state index in [1.54, 1.807) is 17.7 Å². The van der Waals surface area contributed by atoms with E-state index in [-0.39, 0.29) is 23.7 Å². The number of aromatic nitrogens is 2. The number of methoxy groups -OCH3 is 1. The van der Waals surface area contributed by atoms with E-state index >= 15 is 0 Å². The second-order valence-electron chi connectivity index (χ2n) is 9.34. The van der Waals surface area contributed by atoms with Crippen LogP contribution in [0.15, 0.2) is 35.1 Å². The van der Waals surface area contributed by atoms with Crippen LogP contribution in [0, 0.1) is 0 Å². The van der Waals surface area contributed by atoms with Crippen molar-refractivity contribution in [1.29, 1.82) is 0 Å². The molecule has 3 aromatic rings. The molecule has 2 aliphatic rings. The van der Waals surface area contributed by atoms with Gasteiger partial charge >= 0.3 is 5.69 Å². The maximum absolute atomic E-state index is 13.2. The lowest BCUT2D eigenvalue weighted by Gasteiger charge is -2.38. The first-order chi connectivity index (χ1) is 17.4. The number of aryl methyl sites for hydroxylation is 1. The lowest BCUT2D eigenvalue weighted by molar-refractivity contribution is 0.00552. The monoisotopic (exact) mass is 513 g/mol. The van der Waals surface area contributed by atoms with Crippen LogP contribution in [0.5, 0.6) is 5.75 Å². The molecule has 5 rings (SSSR count). The lowest BCUT2D eigenvalue weighted by Crippen LogP contribution is -2.55. The van der Waals surface area contributed by atoms with Crippen molar-refractivity contribution in [3.8, 4) is 5.75 Å². The Bertz CT molecular complexity index is 1350. The number of piperidine rings is 1. The van der Waals surface area contributed by atoms with E-state index in [0.717, 1.165) is 29.6 Å². The molecule has 2 aliphatic heterocycles. The number of fused-ring (bicyclic) bond motifs is 2. The zero-order valence-corrected chi connectivity index (χ0v) is 21.4. The summed E-state index contributed by atoms with van der Waals surface area (Å²) >= 11 is 6.29. The van der Waals surface area contributed by atoms with E-state index in [1.165, 1.54) is 0 Å². The third-order valence-corrected chi connectivity index (χ3v) is 7.67. The number of para-hydroxylation sites is 2. The molecule has 0 radical (unpaired) electrons. The zero-order chi connectivity index (χ0) is 25.4. The number of imidazole rings is 1. The number of likely N-dealkylation sites (tertiary alicyclic amines) is 1. The highest BCUT2D eigenvalue weighted by Crippen LogP contribution is 2.38. The van der Waals surface area contributed by atoms with Gasteiger partial charge in [-0.15, -0.1) is 0 Å². The SMILES string of the molecule is CCn1c(=O)n(CCN2CC[C@@H](NC(=O)c3cc(Cl)c(N)c4c3OCC4)[C@@H](OC)C2)c2ccccc21. The van der Waals surface area contributed by atoms with Crippen molar-refractivity contribution in [3.63, 3.8) is 0 Å². The van der Waals surface area contributed by atoms with Crippen molar-refractivity contribution in [3.05, 3.63) is 57.0 Å². The number of hydrogen-bond donors (Lipinski definition) is 2. The van der Waals surface area contributed by atoms with Gasteiger partial charge in [-0.3, -0.25) is 18.8 Å². The van der Waals surface area contributed by atoms with Crippen molar-refractivity contribution in [1.82, 2.24) is 19.4 Å². The van der Waals surface area contributed by atoms with Crippen LogP contribution in [0.4, 0.5) is 5.69 Å². The first-order valence-electron chi connectivity index (χ1n) is 12.4. The van der Waals surface area contributed by atoms with Crippen molar-refractivity contribution in [2.75, 3.05) is 39.1 Å². The summed E-state index contributed by atoms with van der Waals surface area (Å²) in [7, 11) is 1.66. The fraction of sp³-hybridized carbons (Fsp3) is 0.462. The van der Waals surface area contributed by atoms with E-state index in [4.69, 9.17) is 26.8 Å². The van der Waals surface area contributed by atoms with Crippen LogP contribution in [-0.4, -0.2) is 65.4 Å². The number of amides is 1. The Kier molecular flexibility index (Phi) is 6.96. The molecule has 10 heteroatoms. The van der Waals surface area contributed by atoms with Gasteiger partial charge in [0.25, 0.3) is 5.91 Å². The summed E-state index contributed by atoms with van der Waals surface area (Å²) in [6.07, 6.45) is 1.18. The molecule has 3 heterocycles. The molecule has 192 valence electrons. The van der Waals surface area contributed by atoms with Crippen LogP contribution in [-0.2, 0) is 24.2 Å².